The molecule has 2 N–H and O–H groups in total. The van der Waals surface area contributed by atoms with E-state index >= 15 is 0 Å². The summed E-state index contributed by atoms with van der Waals surface area (Å²) >= 11 is 5.84. The van der Waals surface area contributed by atoms with E-state index in [9.17, 15) is 10.1 Å². The van der Waals surface area contributed by atoms with E-state index in [4.69, 9.17) is 21.9 Å². The van der Waals surface area contributed by atoms with Crippen LogP contribution in [-0.2, 0) is 6.42 Å². The Morgan fingerprint density at radius 2 is 2.25 bits per heavy atom. The van der Waals surface area contributed by atoms with E-state index in [1.54, 1.807) is 0 Å². The van der Waals surface area contributed by atoms with Gasteiger partial charge in [0.25, 0.3) is 11.6 Å². The van der Waals surface area contributed by atoms with Crippen LogP contribution in [0.5, 0.6) is 0 Å². The minimum absolute atomic E-state index is 0.0471. The molecule has 1 heterocycles. The zero-order chi connectivity index (χ0) is 14.7. The number of halogens is 1. The highest BCUT2D eigenvalue weighted by atomic mass is 35.5. The predicted molar refractivity (Wildman–Crippen MR) is 73.4 cm³/mol. The second kappa shape index (κ2) is 5.98. The number of rotatable bonds is 5. The fourth-order valence-corrected chi connectivity index (χ4v) is 1.87. The summed E-state index contributed by atoms with van der Waals surface area (Å²) in [5.74, 6) is 0.658. The lowest BCUT2D eigenvalue weighted by Gasteiger charge is -2.02. The third-order valence-electron chi connectivity index (χ3n) is 2.78. The molecule has 0 aliphatic rings. The molecular weight excluding hydrogens is 284 g/mol. The Bertz CT molecular complexity index is 629. The molecule has 0 spiro atoms. The number of hydrogen-bond donors (Lipinski definition) is 1. The van der Waals surface area contributed by atoms with E-state index in [1.165, 1.54) is 18.2 Å². The van der Waals surface area contributed by atoms with Crippen LogP contribution in [0, 0.1) is 10.1 Å². The molecule has 0 saturated heterocycles. The molecule has 1 atom stereocenters. The Kier molecular flexibility index (Phi) is 4.31. The van der Waals surface area contributed by atoms with Crippen molar-refractivity contribution in [2.24, 2.45) is 5.73 Å². The lowest BCUT2D eigenvalue weighted by atomic mass is 10.1. The van der Waals surface area contributed by atoms with Gasteiger partial charge in [-0.3, -0.25) is 10.1 Å². The molecule has 1 unspecified atom stereocenters. The van der Waals surface area contributed by atoms with Gasteiger partial charge in [-0.1, -0.05) is 23.7 Å². The Morgan fingerprint density at radius 1 is 1.50 bits per heavy atom. The normalized spacial score (nSPS) is 12.3. The molecule has 0 fully saturated rings. The molecule has 0 radical (unpaired) electrons. The highest BCUT2D eigenvalue weighted by molar-refractivity contribution is 6.31. The van der Waals surface area contributed by atoms with Crippen LogP contribution in [0.1, 0.15) is 19.2 Å². The van der Waals surface area contributed by atoms with E-state index in [2.05, 4.69) is 10.1 Å². The summed E-state index contributed by atoms with van der Waals surface area (Å²) in [5, 5.41) is 14.8. The lowest BCUT2D eigenvalue weighted by Crippen LogP contribution is -2.21. The van der Waals surface area contributed by atoms with Crippen molar-refractivity contribution < 1.29 is 9.45 Å². The van der Waals surface area contributed by atoms with Crippen LogP contribution in [0.2, 0.25) is 5.02 Å². The first kappa shape index (κ1) is 14.4. The van der Waals surface area contributed by atoms with E-state index in [1.807, 2.05) is 6.92 Å². The summed E-state index contributed by atoms with van der Waals surface area (Å²) in [6, 6.07) is 4.08. The SMILES string of the molecule is CCC(N)Cc1noc(-c2cc(Cl)cc([N+](=O)[O-])c2)n1. The van der Waals surface area contributed by atoms with E-state index in [0.717, 1.165) is 6.42 Å². The highest BCUT2D eigenvalue weighted by Crippen LogP contribution is 2.27. The van der Waals surface area contributed by atoms with E-state index in [0.29, 0.717) is 17.8 Å². The maximum atomic E-state index is 10.8. The number of non-ortho nitro benzene ring substituents is 1. The topological polar surface area (TPSA) is 108 Å². The smallest absolute Gasteiger partial charge is 0.271 e. The van der Waals surface area contributed by atoms with Gasteiger partial charge in [0.1, 0.15) is 0 Å². The first-order valence-electron chi connectivity index (χ1n) is 6.03. The summed E-state index contributed by atoms with van der Waals surface area (Å²) in [4.78, 5) is 14.4. The van der Waals surface area contributed by atoms with Gasteiger partial charge in [-0.25, -0.2) is 0 Å². The van der Waals surface area contributed by atoms with Gasteiger partial charge in [0, 0.05) is 35.2 Å². The van der Waals surface area contributed by atoms with E-state index < -0.39 is 4.92 Å². The van der Waals surface area contributed by atoms with Gasteiger partial charge in [0.05, 0.1) is 4.92 Å². The molecule has 8 heteroatoms. The molecule has 0 aliphatic heterocycles. The molecule has 1 aromatic heterocycles. The molecule has 20 heavy (non-hydrogen) atoms. The Morgan fingerprint density at radius 3 is 2.90 bits per heavy atom. The van der Waals surface area contributed by atoms with Gasteiger partial charge in [0.2, 0.25) is 0 Å². The Hall–Kier alpha value is -1.99. The average Bonchev–Trinajstić information content (AvgIpc) is 2.86. The fourth-order valence-electron chi connectivity index (χ4n) is 1.64. The molecule has 0 bridgehead atoms. The summed E-state index contributed by atoms with van der Waals surface area (Å²) in [6.07, 6.45) is 1.29. The summed E-state index contributed by atoms with van der Waals surface area (Å²) in [6.45, 7) is 1.96. The van der Waals surface area contributed by atoms with Gasteiger partial charge in [-0.15, -0.1) is 0 Å². The molecule has 2 aromatic rings. The Labute approximate surface area is 119 Å². The number of nitro benzene ring substituents is 1. The number of nitrogens with two attached hydrogens (primary N) is 1. The molecule has 2 rings (SSSR count). The van der Waals surface area contributed by atoms with Crippen LogP contribution < -0.4 is 5.73 Å². The van der Waals surface area contributed by atoms with Crippen molar-refractivity contribution in [2.75, 3.05) is 0 Å². The standard InChI is InChI=1S/C12H13ClN4O3/c1-2-9(14)6-11-15-12(20-16-11)7-3-8(13)5-10(4-7)17(18)19/h3-5,9H,2,6,14H2,1H3. The van der Waals surface area contributed by atoms with Crippen LogP contribution in [0.4, 0.5) is 5.69 Å². The quantitative estimate of drug-likeness (QED) is 0.671. The number of aromatic nitrogens is 2. The highest BCUT2D eigenvalue weighted by Gasteiger charge is 2.15. The van der Waals surface area contributed by atoms with E-state index in [-0.39, 0.29) is 22.6 Å². The summed E-state index contributed by atoms with van der Waals surface area (Å²) in [5.41, 5.74) is 6.09. The van der Waals surface area contributed by atoms with Gasteiger partial charge < -0.3 is 10.3 Å². The van der Waals surface area contributed by atoms with Crippen LogP contribution in [0.25, 0.3) is 11.5 Å². The average molecular weight is 297 g/mol. The molecule has 0 aliphatic carbocycles. The van der Waals surface area contributed by atoms with Crippen LogP contribution in [-0.4, -0.2) is 21.1 Å². The van der Waals surface area contributed by atoms with Crippen molar-refractivity contribution in [2.45, 2.75) is 25.8 Å². The van der Waals surface area contributed by atoms with Crippen molar-refractivity contribution in [1.82, 2.24) is 10.1 Å². The maximum Gasteiger partial charge on any atom is 0.271 e. The first-order chi connectivity index (χ1) is 9.49. The zero-order valence-electron chi connectivity index (χ0n) is 10.7. The number of nitrogens with zero attached hydrogens (tertiary/aromatic N) is 3. The van der Waals surface area contributed by atoms with Crippen LogP contribution >= 0.6 is 11.6 Å². The molecular formula is C12H13ClN4O3. The molecule has 106 valence electrons. The first-order valence-corrected chi connectivity index (χ1v) is 6.41. The summed E-state index contributed by atoms with van der Waals surface area (Å²) in [7, 11) is 0. The molecule has 1 aromatic carbocycles. The number of hydrogen-bond acceptors (Lipinski definition) is 6. The van der Waals surface area contributed by atoms with Crippen LogP contribution in [0.3, 0.4) is 0 Å². The maximum absolute atomic E-state index is 10.8. The van der Waals surface area contributed by atoms with Gasteiger partial charge >= 0.3 is 0 Å². The summed E-state index contributed by atoms with van der Waals surface area (Å²) < 4.78 is 5.09. The minimum Gasteiger partial charge on any atom is -0.334 e. The largest absolute Gasteiger partial charge is 0.334 e. The molecule has 7 nitrogen and oxygen atoms in total. The van der Waals surface area contributed by atoms with Crippen molar-refractivity contribution in [3.8, 4) is 11.5 Å². The van der Waals surface area contributed by atoms with Crippen molar-refractivity contribution >= 4 is 17.3 Å². The van der Waals surface area contributed by atoms with Crippen LogP contribution in [0.15, 0.2) is 22.7 Å². The third-order valence-corrected chi connectivity index (χ3v) is 3.00. The van der Waals surface area contributed by atoms with Crippen molar-refractivity contribution in [3.05, 3.63) is 39.2 Å². The number of nitro groups is 1. The van der Waals surface area contributed by atoms with Gasteiger partial charge in [-0.05, 0) is 12.5 Å². The monoisotopic (exact) mass is 296 g/mol. The predicted octanol–water partition coefficient (Wildman–Crippen LogP) is 2.58. The molecule has 0 saturated carbocycles. The van der Waals surface area contributed by atoms with Crippen molar-refractivity contribution in [3.63, 3.8) is 0 Å². The zero-order valence-corrected chi connectivity index (χ0v) is 11.5. The fraction of sp³-hybridized carbons (Fsp3) is 0.333. The van der Waals surface area contributed by atoms with Gasteiger partial charge in [0.15, 0.2) is 5.82 Å². The minimum atomic E-state index is -0.528. The van der Waals surface area contributed by atoms with Crippen molar-refractivity contribution in [1.29, 1.82) is 0 Å². The lowest BCUT2D eigenvalue weighted by molar-refractivity contribution is -0.384. The van der Waals surface area contributed by atoms with Gasteiger partial charge in [-0.2, -0.15) is 4.98 Å². The Balaban J connectivity index is 2.30. The second-order valence-electron chi connectivity index (χ2n) is 4.34. The third kappa shape index (κ3) is 3.31. The second-order valence-corrected chi connectivity index (χ2v) is 4.78. The molecule has 0 amide bonds. The number of benzene rings is 1.